The first-order valence-electron chi connectivity index (χ1n) is 8.16. The van der Waals surface area contributed by atoms with Gasteiger partial charge >= 0.3 is 12.0 Å². The van der Waals surface area contributed by atoms with Crippen LogP contribution < -0.4 is 15.5 Å². The van der Waals surface area contributed by atoms with Gasteiger partial charge in [-0.05, 0) is 43.9 Å². The van der Waals surface area contributed by atoms with E-state index in [0.717, 1.165) is 30.9 Å². The van der Waals surface area contributed by atoms with E-state index in [-0.39, 0.29) is 12.0 Å². The van der Waals surface area contributed by atoms with Crippen LogP contribution in [0.1, 0.15) is 32.1 Å². The van der Waals surface area contributed by atoms with Crippen LogP contribution in [0, 0.1) is 0 Å². The molecule has 0 radical (unpaired) electrons. The summed E-state index contributed by atoms with van der Waals surface area (Å²) in [6.07, 6.45) is 4.29. The first kappa shape index (κ1) is 17.1. The number of nitrogens with one attached hydrogen (secondary N) is 2. The van der Waals surface area contributed by atoms with Gasteiger partial charge in [-0.3, -0.25) is 4.79 Å². The van der Waals surface area contributed by atoms with Gasteiger partial charge in [-0.25, -0.2) is 4.79 Å². The van der Waals surface area contributed by atoms with Crippen LogP contribution in [0.4, 0.5) is 16.2 Å². The largest absolute Gasteiger partial charge is 0.469 e. The topological polar surface area (TPSA) is 70.7 Å². The second kappa shape index (κ2) is 9.02. The molecule has 0 aromatic heterocycles. The molecular weight excluding hydrogens is 294 g/mol. The first-order chi connectivity index (χ1) is 11.2. The summed E-state index contributed by atoms with van der Waals surface area (Å²) < 4.78 is 4.57. The van der Waals surface area contributed by atoms with Crippen molar-refractivity contribution in [3.63, 3.8) is 0 Å². The zero-order chi connectivity index (χ0) is 16.5. The lowest BCUT2D eigenvalue weighted by Crippen LogP contribution is -2.29. The lowest BCUT2D eigenvalue weighted by molar-refractivity contribution is -0.140. The Kier molecular flexibility index (Phi) is 6.72. The molecule has 126 valence electrons. The van der Waals surface area contributed by atoms with Gasteiger partial charge in [-0.2, -0.15) is 0 Å². The molecule has 6 heteroatoms. The number of urea groups is 1. The van der Waals surface area contributed by atoms with Crippen LogP contribution in [0.15, 0.2) is 24.3 Å². The lowest BCUT2D eigenvalue weighted by atomic mass is 10.2. The number of hydrogen-bond acceptors (Lipinski definition) is 4. The van der Waals surface area contributed by atoms with Crippen molar-refractivity contribution in [2.45, 2.75) is 32.1 Å². The van der Waals surface area contributed by atoms with Gasteiger partial charge in [0.1, 0.15) is 0 Å². The molecule has 0 saturated carbocycles. The molecule has 1 aromatic rings. The van der Waals surface area contributed by atoms with Crippen molar-refractivity contribution in [1.82, 2.24) is 5.32 Å². The minimum Gasteiger partial charge on any atom is -0.469 e. The molecule has 0 unspecified atom stereocenters. The van der Waals surface area contributed by atoms with Crippen molar-refractivity contribution in [2.24, 2.45) is 0 Å². The van der Waals surface area contributed by atoms with Crippen LogP contribution in [0.25, 0.3) is 0 Å². The van der Waals surface area contributed by atoms with Crippen LogP contribution in [-0.2, 0) is 9.53 Å². The van der Waals surface area contributed by atoms with Gasteiger partial charge in [0.25, 0.3) is 0 Å². The average molecular weight is 319 g/mol. The zero-order valence-corrected chi connectivity index (χ0v) is 13.6. The Morgan fingerprint density at radius 1 is 1.22 bits per heavy atom. The summed E-state index contributed by atoms with van der Waals surface area (Å²) in [4.78, 5) is 25.2. The third kappa shape index (κ3) is 5.81. The zero-order valence-electron chi connectivity index (χ0n) is 13.6. The molecule has 1 heterocycles. The van der Waals surface area contributed by atoms with Gasteiger partial charge < -0.3 is 20.3 Å². The molecule has 6 nitrogen and oxygen atoms in total. The van der Waals surface area contributed by atoms with Gasteiger partial charge in [0, 0.05) is 37.4 Å². The smallest absolute Gasteiger partial charge is 0.319 e. The maximum absolute atomic E-state index is 11.9. The number of hydrogen-bond donors (Lipinski definition) is 2. The first-order valence-corrected chi connectivity index (χ1v) is 8.16. The molecule has 2 rings (SSSR count). The fraction of sp³-hybridized carbons (Fsp3) is 0.529. The van der Waals surface area contributed by atoms with Crippen molar-refractivity contribution >= 4 is 23.4 Å². The number of esters is 1. The SMILES string of the molecule is COC(=O)CCCCNC(=O)Nc1cccc(N2CCCC2)c1. The molecule has 1 aromatic carbocycles. The Bertz CT molecular complexity index is 528. The van der Waals surface area contributed by atoms with Gasteiger partial charge in [-0.1, -0.05) is 6.07 Å². The van der Waals surface area contributed by atoms with Gasteiger partial charge in [0.2, 0.25) is 0 Å². The van der Waals surface area contributed by atoms with Crippen LogP contribution in [0.2, 0.25) is 0 Å². The highest BCUT2D eigenvalue weighted by Gasteiger charge is 2.12. The summed E-state index contributed by atoms with van der Waals surface area (Å²) in [5.74, 6) is -0.215. The number of carbonyl (C=O) groups excluding carboxylic acids is 2. The number of ether oxygens (including phenoxy) is 1. The summed E-state index contributed by atoms with van der Waals surface area (Å²) in [7, 11) is 1.38. The number of unbranched alkanes of at least 4 members (excludes halogenated alkanes) is 1. The van der Waals surface area contributed by atoms with Gasteiger partial charge in [0.05, 0.1) is 7.11 Å². The van der Waals surface area contributed by atoms with Crippen LogP contribution >= 0.6 is 0 Å². The van der Waals surface area contributed by atoms with Crippen molar-refractivity contribution in [2.75, 3.05) is 37.0 Å². The molecule has 1 aliphatic rings. The van der Waals surface area contributed by atoms with Crippen molar-refractivity contribution in [3.8, 4) is 0 Å². The predicted octanol–water partition coefficient (Wildman–Crippen LogP) is 2.75. The van der Waals surface area contributed by atoms with E-state index < -0.39 is 0 Å². The summed E-state index contributed by atoms with van der Waals surface area (Å²) in [6, 6.07) is 7.70. The second-order valence-corrected chi connectivity index (χ2v) is 5.66. The molecule has 23 heavy (non-hydrogen) atoms. The average Bonchev–Trinajstić information content (AvgIpc) is 3.09. The molecular formula is C17H25N3O3. The van der Waals surface area contributed by atoms with E-state index in [2.05, 4.69) is 26.3 Å². The molecule has 1 aliphatic heterocycles. The molecule has 0 atom stereocenters. The molecule has 0 bridgehead atoms. The minimum absolute atomic E-state index is 0.215. The predicted molar refractivity (Wildman–Crippen MR) is 90.8 cm³/mol. The summed E-state index contributed by atoms with van der Waals surface area (Å²) in [5.41, 5.74) is 1.94. The van der Waals surface area contributed by atoms with E-state index in [4.69, 9.17) is 0 Å². The lowest BCUT2D eigenvalue weighted by Gasteiger charge is -2.18. The van der Waals surface area contributed by atoms with Crippen LogP contribution in [-0.4, -0.2) is 38.7 Å². The highest BCUT2D eigenvalue weighted by molar-refractivity contribution is 5.89. The summed E-state index contributed by atoms with van der Waals surface area (Å²) >= 11 is 0. The normalized spacial score (nSPS) is 13.7. The molecule has 2 amide bonds. The number of carbonyl (C=O) groups is 2. The van der Waals surface area contributed by atoms with E-state index in [1.807, 2.05) is 18.2 Å². The van der Waals surface area contributed by atoms with Crippen molar-refractivity contribution < 1.29 is 14.3 Å². The number of methoxy groups -OCH3 is 1. The number of rotatable bonds is 7. The third-order valence-corrected chi connectivity index (χ3v) is 3.90. The van der Waals surface area contributed by atoms with Crippen molar-refractivity contribution in [3.05, 3.63) is 24.3 Å². The molecule has 2 N–H and O–H groups in total. The fourth-order valence-corrected chi connectivity index (χ4v) is 2.63. The Balaban J connectivity index is 1.70. The van der Waals surface area contributed by atoms with E-state index in [1.54, 1.807) is 0 Å². The fourth-order valence-electron chi connectivity index (χ4n) is 2.63. The maximum Gasteiger partial charge on any atom is 0.319 e. The number of amides is 2. The van der Waals surface area contributed by atoms with Gasteiger partial charge in [-0.15, -0.1) is 0 Å². The number of anilines is 2. The molecule has 0 aliphatic carbocycles. The van der Waals surface area contributed by atoms with Crippen LogP contribution in [0.5, 0.6) is 0 Å². The highest BCUT2D eigenvalue weighted by Crippen LogP contribution is 2.23. The van der Waals surface area contributed by atoms with Crippen molar-refractivity contribution in [1.29, 1.82) is 0 Å². The summed E-state index contributed by atoms with van der Waals surface area (Å²) in [6.45, 7) is 2.69. The molecule has 1 fully saturated rings. The highest BCUT2D eigenvalue weighted by atomic mass is 16.5. The van der Waals surface area contributed by atoms with Gasteiger partial charge in [0.15, 0.2) is 0 Å². The van der Waals surface area contributed by atoms with E-state index >= 15 is 0 Å². The Hall–Kier alpha value is -2.24. The quantitative estimate of drug-likeness (QED) is 0.599. The maximum atomic E-state index is 11.9. The van der Waals surface area contributed by atoms with Crippen LogP contribution in [0.3, 0.4) is 0 Å². The monoisotopic (exact) mass is 319 g/mol. The Labute approximate surface area is 137 Å². The van der Waals surface area contributed by atoms with E-state index in [0.29, 0.717) is 19.4 Å². The van der Waals surface area contributed by atoms with E-state index in [1.165, 1.54) is 20.0 Å². The molecule has 0 spiro atoms. The molecule has 1 saturated heterocycles. The number of nitrogens with zero attached hydrogens (tertiary/aromatic N) is 1. The van der Waals surface area contributed by atoms with E-state index in [9.17, 15) is 9.59 Å². The Morgan fingerprint density at radius 3 is 2.74 bits per heavy atom. The summed E-state index contributed by atoms with van der Waals surface area (Å²) in [5, 5.41) is 5.64. The standard InChI is InChI=1S/C17H25N3O3/c1-23-16(21)9-2-3-10-18-17(22)19-14-7-6-8-15(13-14)20-11-4-5-12-20/h6-8,13H,2-5,9-12H2,1H3,(H2,18,19,22). The minimum atomic E-state index is -0.221. The third-order valence-electron chi connectivity index (χ3n) is 3.90. The Morgan fingerprint density at radius 2 is 2.00 bits per heavy atom. The number of benzene rings is 1. The second-order valence-electron chi connectivity index (χ2n) is 5.66.